The van der Waals surface area contributed by atoms with Crippen LogP contribution in [0.4, 0.5) is 17.3 Å². The number of anilines is 3. The van der Waals surface area contributed by atoms with Gasteiger partial charge in [0.1, 0.15) is 17.5 Å². The van der Waals surface area contributed by atoms with Gasteiger partial charge in [0.2, 0.25) is 18.3 Å². The number of hydrogen-bond acceptors (Lipinski definition) is 7. The average Bonchev–Trinajstić information content (AvgIpc) is 3.37. The lowest BCUT2D eigenvalue weighted by molar-refractivity contribution is -0.904. The van der Waals surface area contributed by atoms with Crippen LogP contribution in [0.3, 0.4) is 0 Å². The zero-order chi connectivity index (χ0) is 19.6. The fourth-order valence-electron chi connectivity index (χ4n) is 2.75. The molecule has 10 nitrogen and oxygen atoms in total. The van der Waals surface area contributed by atoms with Crippen molar-refractivity contribution in [2.75, 3.05) is 10.6 Å². The summed E-state index contributed by atoms with van der Waals surface area (Å²) in [6.45, 7) is 1.80. The van der Waals surface area contributed by atoms with Gasteiger partial charge < -0.3 is 22.1 Å². The Balaban J connectivity index is 1.87. The highest BCUT2D eigenvalue weighted by molar-refractivity contribution is 5.96. The Morgan fingerprint density at radius 2 is 2.11 bits per heavy atom. The highest BCUT2D eigenvalue weighted by atomic mass is 16.5. The number of nitrogens with one attached hydrogen (secondary N) is 2. The third-order valence-electron chi connectivity index (χ3n) is 4.19. The molecule has 1 fully saturated rings. The van der Waals surface area contributed by atoms with Gasteiger partial charge in [-0.15, -0.1) is 0 Å². The predicted octanol–water partition coefficient (Wildman–Crippen LogP) is 0.218. The first-order chi connectivity index (χ1) is 12.8. The smallest absolute Gasteiger partial charge is 0.271 e. The normalized spacial score (nSPS) is 14.4. The lowest BCUT2D eigenvalue weighted by Gasteiger charge is -2.16. The summed E-state index contributed by atoms with van der Waals surface area (Å²) in [7, 11) is 0. The molecule has 3 rings (SSSR count). The van der Waals surface area contributed by atoms with Crippen LogP contribution in [-0.2, 0) is 4.79 Å². The Morgan fingerprint density at radius 3 is 2.70 bits per heavy atom. The van der Waals surface area contributed by atoms with Crippen LogP contribution < -0.4 is 26.8 Å². The number of aryl methyl sites for hydroxylation is 1. The molecule has 0 aromatic carbocycles. The lowest BCUT2D eigenvalue weighted by Crippen LogP contribution is -2.36. The van der Waals surface area contributed by atoms with Gasteiger partial charge in [0.15, 0.2) is 11.5 Å². The van der Waals surface area contributed by atoms with Gasteiger partial charge in [-0.25, -0.2) is 9.97 Å². The van der Waals surface area contributed by atoms with Crippen molar-refractivity contribution in [3.05, 3.63) is 35.9 Å². The fraction of sp³-hybridized carbons (Fsp3) is 0.353. The van der Waals surface area contributed by atoms with E-state index in [9.17, 15) is 14.8 Å². The van der Waals surface area contributed by atoms with Crippen molar-refractivity contribution >= 4 is 29.1 Å². The maximum Gasteiger partial charge on any atom is 0.271 e. The molecule has 1 saturated carbocycles. The van der Waals surface area contributed by atoms with E-state index in [4.69, 9.17) is 11.5 Å². The summed E-state index contributed by atoms with van der Waals surface area (Å²) in [4.78, 5) is 31.7. The van der Waals surface area contributed by atoms with E-state index in [1.165, 1.54) is 18.6 Å². The van der Waals surface area contributed by atoms with Crippen molar-refractivity contribution < 1.29 is 19.5 Å². The van der Waals surface area contributed by atoms with E-state index in [1.807, 2.05) is 0 Å². The molecule has 0 bridgehead atoms. The second-order valence-corrected chi connectivity index (χ2v) is 6.70. The summed E-state index contributed by atoms with van der Waals surface area (Å²) in [5, 5.41) is 15.6. The van der Waals surface area contributed by atoms with Gasteiger partial charge >= 0.3 is 0 Å². The molecule has 0 radical (unpaired) electrons. The van der Waals surface area contributed by atoms with Crippen molar-refractivity contribution in [3.63, 3.8) is 0 Å². The van der Waals surface area contributed by atoms with Crippen LogP contribution in [0, 0.1) is 12.8 Å². The van der Waals surface area contributed by atoms with Crippen LogP contribution in [0.25, 0.3) is 0 Å². The highest BCUT2D eigenvalue weighted by Crippen LogP contribution is 2.34. The minimum Gasteiger partial charge on any atom is -0.368 e. The van der Waals surface area contributed by atoms with Gasteiger partial charge in [0.05, 0.1) is 6.20 Å². The molecule has 0 spiro atoms. The molecule has 2 amide bonds. The van der Waals surface area contributed by atoms with E-state index < -0.39 is 17.9 Å². The van der Waals surface area contributed by atoms with Crippen molar-refractivity contribution in [1.29, 1.82) is 0 Å². The van der Waals surface area contributed by atoms with E-state index in [0.29, 0.717) is 18.0 Å². The maximum absolute atomic E-state index is 11.7. The number of carbonyl (C=O) groups is 2. The third-order valence-corrected chi connectivity index (χ3v) is 4.19. The summed E-state index contributed by atoms with van der Waals surface area (Å²) >= 11 is 0. The van der Waals surface area contributed by atoms with Crippen LogP contribution in [0.2, 0.25) is 0 Å². The first-order valence-corrected chi connectivity index (χ1v) is 8.53. The summed E-state index contributed by atoms with van der Waals surface area (Å²) in [5.41, 5.74) is 12.0. The summed E-state index contributed by atoms with van der Waals surface area (Å²) in [5.74, 6) is -0.357. The minimum absolute atomic E-state index is 0.0654. The number of rotatable bonds is 8. The van der Waals surface area contributed by atoms with Crippen LogP contribution >= 0.6 is 0 Å². The largest absolute Gasteiger partial charge is 0.368 e. The van der Waals surface area contributed by atoms with E-state index in [2.05, 4.69) is 20.6 Å². The monoisotopic (exact) mass is 372 g/mol. The van der Waals surface area contributed by atoms with Crippen LogP contribution in [0.1, 0.15) is 35.3 Å². The molecule has 1 aliphatic rings. The van der Waals surface area contributed by atoms with Crippen molar-refractivity contribution in [1.82, 2.24) is 9.97 Å². The van der Waals surface area contributed by atoms with Crippen LogP contribution in [-0.4, -0.2) is 33.0 Å². The van der Waals surface area contributed by atoms with Crippen molar-refractivity contribution in [2.45, 2.75) is 32.2 Å². The zero-order valence-electron chi connectivity index (χ0n) is 14.8. The van der Waals surface area contributed by atoms with Gasteiger partial charge in [-0.1, -0.05) is 12.8 Å². The summed E-state index contributed by atoms with van der Waals surface area (Å²) < 4.78 is 0.885. The Bertz CT molecular complexity index is 863. The van der Waals surface area contributed by atoms with E-state index in [1.54, 1.807) is 13.0 Å². The molecule has 1 atom stereocenters. The number of hydrogen-bond donors (Lipinski definition) is 5. The number of aromatic nitrogens is 3. The molecule has 27 heavy (non-hydrogen) atoms. The number of primary amides is 2. The van der Waals surface area contributed by atoms with Gasteiger partial charge in [0, 0.05) is 10.3 Å². The molecule has 0 aliphatic heterocycles. The van der Waals surface area contributed by atoms with Gasteiger partial charge in [-0.2, -0.15) is 0 Å². The zero-order valence-corrected chi connectivity index (χ0v) is 14.8. The molecule has 2 aromatic heterocycles. The minimum atomic E-state index is -0.759. The molecule has 1 aliphatic carbocycles. The standard InChI is InChI=1S/C17H21N7O3/c1-9-4-11(8-24(27)7-9)21-17-14(16(19)26)20-6-13(23-17)22-12(15(18)25)5-10-2-3-10/h4,6-8,10,12H,2-3,5H2,1H3,(H6-,18,19,21,22,23,25,26,27)/p+1. The second-order valence-electron chi connectivity index (χ2n) is 6.70. The van der Waals surface area contributed by atoms with Crippen LogP contribution in [0.5, 0.6) is 0 Å². The van der Waals surface area contributed by atoms with Gasteiger partial charge in [-0.05, 0) is 25.3 Å². The molecule has 10 heteroatoms. The lowest BCUT2D eigenvalue weighted by atomic mass is 10.1. The summed E-state index contributed by atoms with van der Waals surface area (Å²) in [6, 6.07) is 1.18. The maximum atomic E-state index is 11.7. The molecular formula is C17H22N7O3+. The average molecular weight is 372 g/mol. The highest BCUT2D eigenvalue weighted by Gasteiger charge is 2.28. The summed E-state index contributed by atoms with van der Waals surface area (Å²) in [6.07, 6.45) is 7.03. The molecule has 1 unspecified atom stereocenters. The molecule has 2 heterocycles. The number of nitrogens with two attached hydrogens (primary N) is 2. The molecule has 142 valence electrons. The van der Waals surface area contributed by atoms with Crippen molar-refractivity contribution in [2.24, 2.45) is 17.4 Å². The molecule has 2 aromatic rings. The Kier molecular flexibility index (Phi) is 5.06. The predicted molar refractivity (Wildman–Crippen MR) is 96.3 cm³/mol. The third kappa shape index (κ3) is 4.81. The molecule has 7 N–H and O–H groups in total. The fourth-order valence-corrected chi connectivity index (χ4v) is 2.75. The Morgan fingerprint density at radius 1 is 1.37 bits per heavy atom. The topological polar surface area (TPSA) is 160 Å². The number of amides is 2. The van der Waals surface area contributed by atoms with Crippen LogP contribution in [0.15, 0.2) is 24.7 Å². The van der Waals surface area contributed by atoms with E-state index >= 15 is 0 Å². The first kappa shape index (κ1) is 18.4. The quantitative estimate of drug-likeness (QED) is 0.327. The Hall–Kier alpha value is -3.43. The number of nitrogens with zero attached hydrogens (tertiary/aromatic N) is 3. The van der Waals surface area contributed by atoms with Gasteiger partial charge in [-0.3, -0.25) is 14.8 Å². The van der Waals surface area contributed by atoms with E-state index in [0.717, 1.165) is 23.1 Å². The van der Waals surface area contributed by atoms with Gasteiger partial charge in [0.25, 0.3) is 5.91 Å². The molecule has 0 saturated heterocycles. The number of pyridine rings is 1. The first-order valence-electron chi connectivity index (χ1n) is 8.53. The molecular weight excluding hydrogens is 350 g/mol. The van der Waals surface area contributed by atoms with Crippen molar-refractivity contribution in [3.8, 4) is 0 Å². The van der Waals surface area contributed by atoms with E-state index in [-0.39, 0.29) is 17.3 Å². The second kappa shape index (κ2) is 7.44. The Labute approximate surface area is 155 Å². The number of carbonyl (C=O) groups excluding carboxylic acids is 2. The SMILES string of the molecule is Cc1cc(Nc2nc(NC(CC3CC3)C(N)=O)cnc2C(N)=O)c[n+](O)c1.